The van der Waals surface area contributed by atoms with E-state index in [1.807, 2.05) is 30.3 Å². The van der Waals surface area contributed by atoms with E-state index in [1.54, 1.807) is 12.4 Å². The summed E-state index contributed by atoms with van der Waals surface area (Å²) in [6.45, 7) is 3.02. The minimum atomic E-state index is -0.688. The van der Waals surface area contributed by atoms with E-state index in [9.17, 15) is 5.11 Å². The molecule has 1 atom stereocenters. The zero-order valence-electron chi connectivity index (χ0n) is 11.9. The van der Waals surface area contributed by atoms with Gasteiger partial charge in [0.25, 0.3) is 0 Å². The first-order valence-electron chi connectivity index (χ1n) is 7.58. The second kappa shape index (κ2) is 4.90. The van der Waals surface area contributed by atoms with Crippen molar-refractivity contribution in [3.8, 4) is 11.4 Å². The largest absolute Gasteiger partial charge is 0.384 e. The van der Waals surface area contributed by atoms with Gasteiger partial charge in [0.2, 0.25) is 0 Å². The zero-order valence-corrected chi connectivity index (χ0v) is 11.9. The van der Waals surface area contributed by atoms with Gasteiger partial charge in [-0.1, -0.05) is 24.3 Å². The number of aromatic nitrogens is 2. The van der Waals surface area contributed by atoms with Crippen molar-refractivity contribution in [1.29, 1.82) is 0 Å². The third-order valence-electron chi connectivity index (χ3n) is 4.94. The van der Waals surface area contributed by atoms with E-state index in [1.165, 1.54) is 0 Å². The van der Waals surface area contributed by atoms with Gasteiger partial charge in [-0.2, -0.15) is 0 Å². The highest BCUT2D eigenvalue weighted by molar-refractivity contribution is 5.55. The van der Waals surface area contributed by atoms with E-state index < -0.39 is 5.60 Å². The van der Waals surface area contributed by atoms with E-state index >= 15 is 0 Å². The van der Waals surface area contributed by atoms with Crippen LogP contribution in [0.3, 0.4) is 0 Å². The average molecular weight is 281 g/mol. The topological polar surface area (TPSA) is 49.3 Å². The quantitative estimate of drug-likeness (QED) is 0.915. The molecule has 3 fully saturated rings. The smallest absolute Gasteiger partial charge is 0.159 e. The Morgan fingerprint density at radius 1 is 1.05 bits per heavy atom. The minimum absolute atomic E-state index is 0.390. The standard InChI is InChI=1S/C17H19N3O/c21-17(12-20-10-6-15(17)7-11-20)14-4-2-13(3-5-14)16-18-8-1-9-19-16/h1-5,8-9,15,21H,6-7,10-12H2/t17-/m1/s1. The van der Waals surface area contributed by atoms with Gasteiger partial charge in [-0.25, -0.2) is 9.97 Å². The van der Waals surface area contributed by atoms with Crippen LogP contribution in [0.2, 0.25) is 0 Å². The van der Waals surface area contributed by atoms with Crippen molar-refractivity contribution >= 4 is 0 Å². The van der Waals surface area contributed by atoms with Crippen molar-refractivity contribution in [3.05, 3.63) is 48.3 Å². The average Bonchev–Trinajstić information content (AvgIpc) is 2.57. The number of piperidine rings is 3. The van der Waals surface area contributed by atoms with Gasteiger partial charge < -0.3 is 10.0 Å². The summed E-state index contributed by atoms with van der Waals surface area (Å²) in [5.41, 5.74) is 1.33. The van der Waals surface area contributed by atoms with Gasteiger partial charge in [-0.05, 0) is 43.5 Å². The van der Waals surface area contributed by atoms with Crippen molar-refractivity contribution in [1.82, 2.24) is 14.9 Å². The molecule has 21 heavy (non-hydrogen) atoms. The number of rotatable bonds is 2. The summed E-state index contributed by atoms with van der Waals surface area (Å²) in [5, 5.41) is 11.1. The maximum Gasteiger partial charge on any atom is 0.159 e. The number of fused-ring (bicyclic) bond motifs is 3. The van der Waals surface area contributed by atoms with Crippen LogP contribution in [0.5, 0.6) is 0 Å². The molecule has 1 N–H and O–H groups in total. The molecule has 0 unspecified atom stereocenters. The first-order valence-corrected chi connectivity index (χ1v) is 7.58. The molecule has 4 heterocycles. The predicted molar refractivity (Wildman–Crippen MR) is 80.5 cm³/mol. The van der Waals surface area contributed by atoms with Gasteiger partial charge in [0.05, 0.1) is 0 Å². The molecule has 1 aromatic heterocycles. The van der Waals surface area contributed by atoms with Crippen LogP contribution in [0.25, 0.3) is 11.4 Å². The fourth-order valence-electron chi connectivity index (χ4n) is 3.72. The molecular formula is C17H19N3O. The molecule has 3 saturated heterocycles. The molecule has 0 amide bonds. The molecule has 0 saturated carbocycles. The third-order valence-corrected chi connectivity index (χ3v) is 4.94. The van der Waals surface area contributed by atoms with Gasteiger partial charge in [0.15, 0.2) is 5.82 Å². The summed E-state index contributed by atoms with van der Waals surface area (Å²) in [6.07, 6.45) is 5.69. The Balaban J connectivity index is 1.65. The lowest BCUT2D eigenvalue weighted by atomic mass is 9.71. The highest BCUT2D eigenvalue weighted by Crippen LogP contribution is 2.42. The molecule has 0 radical (unpaired) electrons. The van der Waals surface area contributed by atoms with Crippen LogP contribution in [-0.4, -0.2) is 39.6 Å². The Kier molecular flexibility index (Phi) is 3.01. The van der Waals surface area contributed by atoms with Crippen molar-refractivity contribution in [2.75, 3.05) is 19.6 Å². The van der Waals surface area contributed by atoms with Gasteiger partial charge in [0, 0.05) is 24.5 Å². The van der Waals surface area contributed by atoms with E-state index in [0.29, 0.717) is 5.92 Å². The number of benzene rings is 1. The lowest BCUT2D eigenvalue weighted by Crippen LogP contribution is -2.57. The molecule has 5 rings (SSSR count). The Hall–Kier alpha value is -1.78. The molecule has 0 spiro atoms. The highest BCUT2D eigenvalue weighted by atomic mass is 16.3. The SMILES string of the molecule is O[C@@]1(c2ccc(-c3ncccn3)cc2)CN2CCC1CC2. The summed E-state index contributed by atoms with van der Waals surface area (Å²) >= 11 is 0. The van der Waals surface area contributed by atoms with E-state index in [0.717, 1.165) is 49.4 Å². The number of hydrogen-bond donors (Lipinski definition) is 1. The van der Waals surface area contributed by atoms with Gasteiger partial charge in [0.1, 0.15) is 5.60 Å². The minimum Gasteiger partial charge on any atom is -0.384 e. The van der Waals surface area contributed by atoms with Crippen LogP contribution < -0.4 is 0 Å². The van der Waals surface area contributed by atoms with Crippen molar-refractivity contribution in [3.63, 3.8) is 0 Å². The number of hydrogen-bond acceptors (Lipinski definition) is 4. The molecule has 3 aliphatic rings. The highest BCUT2D eigenvalue weighted by Gasteiger charge is 2.46. The maximum absolute atomic E-state index is 11.1. The van der Waals surface area contributed by atoms with Crippen molar-refractivity contribution < 1.29 is 5.11 Å². The Bertz CT molecular complexity index is 620. The Morgan fingerprint density at radius 3 is 2.29 bits per heavy atom. The molecule has 4 heteroatoms. The summed E-state index contributed by atoms with van der Waals surface area (Å²) < 4.78 is 0. The van der Waals surface area contributed by atoms with Crippen LogP contribution in [0.1, 0.15) is 18.4 Å². The van der Waals surface area contributed by atoms with Crippen LogP contribution in [0.15, 0.2) is 42.7 Å². The van der Waals surface area contributed by atoms with E-state index in [-0.39, 0.29) is 0 Å². The summed E-state index contributed by atoms with van der Waals surface area (Å²) in [6, 6.07) is 9.91. The second-order valence-corrected chi connectivity index (χ2v) is 6.12. The molecule has 108 valence electrons. The van der Waals surface area contributed by atoms with Crippen LogP contribution in [0, 0.1) is 5.92 Å². The normalized spacial score (nSPS) is 31.3. The maximum atomic E-state index is 11.1. The lowest BCUT2D eigenvalue weighted by molar-refractivity contribution is -0.117. The molecule has 1 aromatic carbocycles. The summed E-state index contributed by atoms with van der Waals surface area (Å²) in [4.78, 5) is 10.9. The van der Waals surface area contributed by atoms with Crippen molar-refractivity contribution in [2.24, 2.45) is 5.92 Å². The van der Waals surface area contributed by atoms with Crippen molar-refractivity contribution in [2.45, 2.75) is 18.4 Å². The van der Waals surface area contributed by atoms with E-state index in [4.69, 9.17) is 0 Å². The zero-order chi connectivity index (χ0) is 14.3. The fraction of sp³-hybridized carbons (Fsp3) is 0.412. The first kappa shape index (κ1) is 12.9. The number of aliphatic hydroxyl groups is 1. The molecular weight excluding hydrogens is 262 g/mol. The molecule has 2 aromatic rings. The summed E-state index contributed by atoms with van der Waals surface area (Å²) in [5.74, 6) is 1.12. The fourth-order valence-corrected chi connectivity index (χ4v) is 3.72. The lowest BCUT2D eigenvalue weighted by Gasteiger charge is -2.50. The predicted octanol–water partition coefficient (Wildman–Crippen LogP) is 2.06. The summed E-state index contributed by atoms with van der Waals surface area (Å²) in [7, 11) is 0. The second-order valence-electron chi connectivity index (χ2n) is 6.12. The molecule has 2 bridgehead atoms. The van der Waals surface area contributed by atoms with Crippen LogP contribution in [-0.2, 0) is 5.60 Å². The van der Waals surface area contributed by atoms with E-state index in [2.05, 4.69) is 14.9 Å². The van der Waals surface area contributed by atoms with Crippen LogP contribution >= 0.6 is 0 Å². The molecule has 4 nitrogen and oxygen atoms in total. The Labute approximate surface area is 124 Å². The molecule has 0 aliphatic carbocycles. The third kappa shape index (κ3) is 2.15. The van der Waals surface area contributed by atoms with Gasteiger partial charge in [-0.15, -0.1) is 0 Å². The monoisotopic (exact) mass is 281 g/mol. The number of nitrogens with zero attached hydrogens (tertiary/aromatic N) is 3. The van der Waals surface area contributed by atoms with Gasteiger partial charge >= 0.3 is 0 Å². The molecule has 3 aliphatic heterocycles. The first-order chi connectivity index (χ1) is 10.3. The Morgan fingerprint density at radius 2 is 1.71 bits per heavy atom. The van der Waals surface area contributed by atoms with Crippen LogP contribution in [0.4, 0.5) is 0 Å². The van der Waals surface area contributed by atoms with Gasteiger partial charge in [-0.3, -0.25) is 0 Å².